The maximum Gasteiger partial charge on any atom is 0.238 e. The molecule has 1 aliphatic rings. The van der Waals surface area contributed by atoms with Crippen molar-refractivity contribution in [1.29, 1.82) is 0 Å². The highest BCUT2D eigenvalue weighted by Crippen LogP contribution is 2.26. The van der Waals surface area contributed by atoms with Crippen LogP contribution in [0.1, 0.15) is 11.5 Å². The SMILES string of the molecule is N[C@@H]1CN(CC(=O)Nc2ccc(F)cc2F)C[C@H]1c1ccccc1. The first-order valence-corrected chi connectivity index (χ1v) is 7.80. The van der Waals surface area contributed by atoms with E-state index in [2.05, 4.69) is 5.32 Å². The summed E-state index contributed by atoms with van der Waals surface area (Å²) in [6.45, 7) is 1.39. The summed E-state index contributed by atoms with van der Waals surface area (Å²) in [5.74, 6) is -1.65. The summed E-state index contributed by atoms with van der Waals surface area (Å²) in [5, 5.41) is 2.47. The molecule has 0 spiro atoms. The molecule has 4 nitrogen and oxygen atoms in total. The Morgan fingerprint density at radius 1 is 1.17 bits per heavy atom. The lowest BCUT2D eigenvalue weighted by molar-refractivity contribution is -0.117. The van der Waals surface area contributed by atoms with Gasteiger partial charge in [-0.3, -0.25) is 9.69 Å². The average molecular weight is 331 g/mol. The zero-order chi connectivity index (χ0) is 17.1. The molecule has 0 unspecified atom stereocenters. The van der Waals surface area contributed by atoms with Crippen molar-refractivity contribution in [1.82, 2.24) is 4.90 Å². The number of nitrogens with one attached hydrogen (secondary N) is 1. The molecule has 1 amide bonds. The number of nitrogens with two attached hydrogens (primary N) is 1. The van der Waals surface area contributed by atoms with Gasteiger partial charge in [0.25, 0.3) is 0 Å². The van der Waals surface area contributed by atoms with Gasteiger partial charge in [0.15, 0.2) is 0 Å². The Balaban J connectivity index is 1.59. The summed E-state index contributed by atoms with van der Waals surface area (Å²) < 4.78 is 26.5. The van der Waals surface area contributed by atoms with Crippen LogP contribution in [0, 0.1) is 11.6 Å². The van der Waals surface area contributed by atoms with Gasteiger partial charge >= 0.3 is 0 Å². The van der Waals surface area contributed by atoms with E-state index in [0.717, 1.165) is 17.7 Å². The van der Waals surface area contributed by atoms with Crippen molar-refractivity contribution in [2.24, 2.45) is 5.73 Å². The molecule has 0 saturated carbocycles. The fourth-order valence-electron chi connectivity index (χ4n) is 3.08. The molecule has 1 saturated heterocycles. The molecule has 0 bridgehead atoms. The topological polar surface area (TPSA) is 58.4 Å². The van der Waals surface area contributed by atoms with Crippen molar-refractivity contribution in [2.45, 2.75) is 12.0 Å². The minimum absolute atomic E-state index is 0.0236. The monoisotopic (exact) mass is 331 g/mol. The zero-order valence-electron chi connectivity index (χ0n) is 13.1. The van der Waals surface area contributed by atoms with Gasteiger partial charge in [-0.05, 0) is 17.7 Å². The third-order valence-corrected chi connectivity index (χ3v) is 4.24. The van der Waals surface area contributed by atoms with E-state index in [4.69, 9.17) is 5.73 Å². The number of rotatable bonds is 4. The molecule has 2 aromatic rings. The van der Waals surface area contributed by atoms with Crippen LogP contribution in [0.15, 0.2) is 48.5 Å². The predicted molar refractivity (Wildman–Crippen MR) is 88.6 cm³/mol. The largest absolute Gasteiger partial charge is 0.326 e. The first-order chi connectivity index (χ1) is 11.5. The van der Waals surface area contributed by atoms with E-state index in [0.29, 0.717) is 13.1 Å². The van der Waals surface area contributed by atoms with Crippen LogP contribution in [0.3, 0.4) is 0 Å². The van der Waals surface area contributed by atoms with Crippen LogP contribution in [0.25, 0.3) is 0 Å². The molecule has 2 aromatic carbocycles. The van der Waals surface area contributed by atoms with Crippen LogP contribution >= 0.6 is 0 Å². The van der Waals surface area contributed by atoms with E-state index in [1.807, 2.05) is 35.2 Å². The fourth-order valence-corrected chi connectivity index (χ4v) is 3.08. The van der Waals surface area contributed by atoms with Crippen molar-refractivity contribution in [3.8, 4) is 0 Å². The van der Waals surface area contributed by atoms with E-state index >= 15 is 0 Å². The highest BCUT2D eigenvalue weighted by Gasteiger charge is 2.32. The van der Waals surface area contributed by atoms with Crippen LogP contribution < -0.4 is 11.1 Å². The summed E-state index contributed by atoms with van der Waals surface area (Å²) in [5.41, 5.74) is 7.32. The summed E-state index contributed by atoms with van der Waals surface area (Å²) in [6, 6.07) is 13.0. The Morgan fingerprint density at radius 3 is 2.62 bits per heavy atom. The molecule has 0 aliphatic carbocycles. The normalized spacial score (nSPS) is 21.0. The quantitative estimate of drug-likeness (QED) is 0.904. The minimum atomic E-state index is -0.788. The van der Waals surface area contributed by atoms with Crippen LogP contribution in [-0.2, 0) is 4.79 Å². The Bertz CT molecular complexity index is 723. The smallest absolute Gasteiger partial charge is 0.238 e. The van der Waals surface area contributed by atoms with Gasteiger partial charge in [0.2, 0.25) is 5.91 Å². The number of benzene rings is 2. The Morgan fingerprint density at radius 2 is 1.92 bits per heavy atom. The third-order valence-electron chi connectivity index (χ3n) is 4.24. The fraction of sp³-hybridized carbons (Fsp3) is 0.278. The molecule has 6 heteroatoms. The summed E-state index contributed by atoms with van der Waals surface area (Å²) in [7, 11) is 0. The van der Waals surface area contributed by atoms with E-state index in [9.17, 15) is 13.6 Å². The highest BCUT2D eigenvalue weighted by atomic mass is 19.1. The number of carbonyl (C=O) groups excluding carboxylic acids is 1. The number of nitrogens with zero attached hydrogens (tertiary/aromatic N) is 1. The van der Waals surface area contributed by atoms with Gasteiger partial charge in [0.1, 0.15) is 11.6 Å². The molecule has 3 rings (SSSR count). The lowest BCUT2D eigenvalue weighted by atomic mass is 9.95. The number of halogens is 2. The number of amides is 1. The molecule has 0 radical (unpaired) electrons. The Kier molecular flexibility index (Phi) is 4.87. The second-order valence-corrected chi connectivity index (χ2v) is 6.05. The van der Waals surface area contributed by atoms with Gasteiger partial charge in [-0.25, -0.2) is 8.78 Å². The van der Waals surface area contributed by atoms with Gasteiger partial charge in [0.05, 0.1) is 12.2 Å². The maximum atomic E-state index is 13.6. The minimum Gasteiger partial charge on any atom is -0.326 e. The van der Waals surface area contributed by atoms with Crippen molar-refractivity contribution in [2.75, 3.05) is 25.0 Å². The number of anilines is 1. The first-order valence-electron chi connectivity index (χ1n) is 7.80. The molecule has 1 aliphatic heterocycles. The van der Waals surface area contributed by atoms with Crippen molar-refractivity contribution in [3.63, 3.8) is 0 Å². The number of hydrogen-bond donors (Lipinski definition) is 2. The van der Waals surface area contributed by atoms with Crippen LogP contribution in [-0.4, -0.2) is 36.5 Å². The van der Waals surface area contributed by atoms with E-state index in [1.54, 1.807) is 0 Å². The Hall–Kier alpha value is -2.31. The molecule has 0 aromatic heterocycles. The number of hydrogen-bond acceptors (Lipinski definition) is 3. The molecule has 1 heterocycles. The van der Waals surface area contributed by atoms with Crippen LogP contribution in [0.2, 0.25) is 0 Å². The van der Waals surface area contributed by atoms with Crippen LogP contribution in [0.5, 0.6) is 0 Å². The molecule has 126 valence electrons. The third kappa shape index (κ3) is 3.77. The van der Waals surface area contributed by atoms with Crippen LogP contribution in [0.4, 0.5) is 14.5 Å². The van der Waals surface area contributed by atoms with Crippen molar-refractivity contribution in [3.05, 3.63) is 65.7 Å². The second kappa shape index (κ2) is 7.07. The lowest BCUT2D eigenvalue weighted by Crippen LogP contribution is -2.33. The standard InChI is InChI=1S/C18H19F2N3O/c19-13-6-7-17(15(20)8-13)22-18(24)11-23-9-14(16(21)10-23)12-4-2-1-3-5-12/h1-8,14,16H,9-11,21H2,(H,22,24)/t14-,16+/m0/s1. The summed E-state index contributed by atoms with van der Waals surface area (Å²) in [6.07, 6.45) is 0. The van der Waals surface area contributed by atoms with Gasteiger partial charge in [-0.2, -0.15) is 0 Å². The second-order valence-electron chi connectivity index (χ2n) is 6.05. The van der Waals surface area contributed by atoms with Gasteiger partial charge in [0, 0.05) is 31.1 Å². The van der Waals surface area contributed by atoms with Gasteiger partial charge in [-0.15, -0.1) is 0 Å². The highest BCUT2D eigenvalue weighted by molar-refractivity contribution is 5.92. The maximum absolute atomic E-state index is 13.6. The molecular weight excluding hydrogens is 312 g/mol. The predicted octanol–water partition coefficient (Wildman–Crippen LogP) is 2.33. The Labute approximate surface area is 139 Å². The average Bonchev–Trinajstić information content (AvgIpc) is 2.91. The summed E-state index contributed by atoms with van der Waals surface area (Å²) >= 11 is 0. The van der Waals surface area contributed by atoms with Gasteiger partial charge < -0.3 is 11.1 Å². The number of carbonyl (C=O) groups is 1. The van der Waals surface area contributed by atoms with E-state index < -0.39 is 11.6 Å². The lowest BCUT2D eigenvalue weighted by Gasteiger charge is -2.16. The van der Waals surface area contributed by atoms with Gasteiger partial charge in [-0.1, -0.05) is 30.3 Å². The molecule has 1 fully saturated rings. The first kappa shape index (κ1) is 16.5. The molecular formula is C18H19F2N3O. The summed E-state index contributed by atoms with van der Waals surface area (Å²) in [4.78, 5) is 14.0. The molecule has 24 heavy (non-hydrogen) atoms. The van der Waals surface area contributed by atoms with E-state index in [1.165, 1.54) is 6.07 Å². The van der Waals surface area contributed by atoms with Crippen molar-refractivity contribution < 1.29 is 13.6 Å². The zero-order valence-corrected chi connectivity index (χ0v) is 13.1. The van der Waals surface area contributed by atoms with Crippen molar-refractivity contribution >= 4 is 11.6 Å². The molecule has 3 N–H and O–H groups in total. The molecule has 2 atom stereocenters. The van der Waals surface area contributed by atoms with E-state index in [-0.39, 0.29) is 30.1 Å². The number of likely N-dealkylation sites (tertiary alicyclic amines) is 1.